The molecule has 1 aromatic rings. The van der Waals surface area contributed by atoms with Gasteiger partial charge in [0.1, 0.15) is 5.54 Å². The molecular weight excluding hydrogens is 226 g/mol. The summed E-state index contributed by atoms with van der Waals surface area (Å²) in [6.45, 7) is 1.39. The first-order chi connectivity index (χ1) is 8.58. The summed E-state index contributed by atoms with van der Waals surface area (Å²) < 4.78 is 0. The van der Waals surface area contributed by atoms with E-state index in [4.69, 9.17) is 11.5 Å². The van der Waals surface area contributed by atoms with E-state index in [0.29, 0.717) is 19.4 Å². The minimum atomic E-state index is -0.756. The van der Waals surface area contributed by atoms with Gasteiger partial charge in [-0.05, 0) is 30.4 Å². The standard InChI is InChI=1S/C14H19N3O/c15-12-5-6-17(9-12)13(18)14(16)7-10-3-1-2-4-11(10)8-14/h1-4,12H,5-9,15-16H2. The van der Waals surface area contributed by atoms with E-state index in [1.807, 2.05) is 17.0 Å². The van der Waals surface area contributed by atoms with E-state index in [0.717, 1.165) is 13.0 Å². The van der Waals surface area contributed by atoms with Crippen LogP contribution in [-0.4, -0.2) is 35.5 Å². The molecule has 3 rings (SSSR count). The third-order valence-corrected chi connectivity index (χ3v) is 4.07. The molecule has 4 heteroatoms. The van der Waals surface area contributed by atoms with Gasteiger partial charge in [-0.1, -0.05) is 24.3 Å². The number of rotatable bonds is 1. The molecule has 1 amide bonds. The lowest BCUT2D eigenvalue weighted by molar-refractivity contribution is -0.135. The summed E-state index contributed by atoms with van der Waals surface area (Å²) >= 11 is 0. The van der Waals surface area contributed by atoms with Gasteiger partial charge in [-0.3, -0.25) is 4.79 Å². The van der Waals surface area contributed by atoms with E-state index < -0.39 is 5.54 Å². The molecule has 1 fully saturated rings. The van der Waals surface area contributed by atoms with Crippen LogP contribution in [0.1, 0.15) is 17.5 Å². The average Bonchev–Trinajstić information content (AvgIpc) is 2.91. The summed E-state index contributed by atoms with van der Waals surface area (Å²) in [5, 5.41) is 0. The fraction of sp³-hybridized carbons (Fsp3) is 0.500. The third-order valence-electron chi connectivity index (χ3n) is 4.07. The number of carbonyl (C=O) groups is 1. The number of amides is 1. The molecule has 1 aromatic carbocycles. The zero-order valence-corrected chi connectivity index (χ0v) is 10.4. The number of nitrogens with two attached hydrogens (primary N) is 2. The van der Waals surface area contributed by atoms with Crippen molar-refractivity contribution >= 4 is 5.91 Å². The van der Waals surface area contributed by atoms with Crippen LogP contribution in [0.15, 0.2) is 24.3 Å². The minimum Gasteiger partial charge on any atom is -0.339 e. The molecule has 1 heterocycles. The zero-order chi connectivity index (χ0) is 12.8. The minimum absolute atomic E-state index is 0.0617. The second kappa shape index (κ2) is 4.07. The Hall–Kier alpha value is -1.39. The van der Waals surface area contributed by atoms with Crippen LogP contribution in [-0.2, 0) is 17.6 Å². The largest absolute Gasteiger partial charge is 0.339 e. The Bertz CT molecular complexity index is 461. The van der Waals surface area contributed by atoms with E-state index in [9.17, 15) is 4.79 Å². The molecular formula is C14H19N3O. The number of fused-ring (bicyclic) bond motifs is 1. The third kappa shape index (κ3) is 1.82. The van der Waals surface area contributed by atoms with Crippen molar-refractivity contribution in [3.8, 4) is 0 Å². The maximum Gasteiger partial charge on any atom is 0.243 e. The Kier molecular flexibility index (Phi) is 2.64. The maximum absolute atomic E-state index is 12.5. The molecule has 18 heavy (non-hydrogen) atoms. The van der Waals surface area contributed by atoms with E-state index in [1.165, 1.54) is 11.1 Å². The Morgan fingerprint density at radius 2 is 1.89 bits per heavy atom. The molecule has 0 radical (unpaired) electrons. The summed E-state index contributed by atoms with van der Waals surface area (Å²) in [4.78, 5) is 14.4. The van der Waals surface area contributed by atoms with Crippen LogP contribution in [0.2, 0.25) is 0 Å². The molecule has 96 valence electrons. The Morgan fingerprint density at radius 1 is 1.28 bits per heavy atom. The molecule has 0 aromatic heterocycles. The van der Waals surface area contributed by atoms with Gasteiger partial charge in [0, 0.05) is 19.1 Å². The van der Waals surface area contributed by atoms with Crippen molar-refractivity contribution in [1.82, 2.24) is 4.90 Å². The summed E-state index contributed by atoms with van der Waals surface area (Å²) in [6, 6.07) is 8.24. The van der Waals surface area contributed by atoms with Gasteiger partial charge in [-0.15, -0.1) is 0 Å². The van der Waals surface area contributed by atoms with Crippen molar-refractivity contribution in [3.63, 3.8) is 0 Å². The van der Waals surface area contributed by atoms with Crippen LogP contribution in [0.4, 0.5) is 0 Å². The molecule has 1 saturated heterocycles. The summed E-state index contributed by atoms with van der Waals surface area (Å²) in [5.74, 6) is 0.0617. The molecule has 1 aliphatic carbocycles. The van der Waals surface area contributed by atoms with Gasteiger partial charge in [0.15, 0.2) is 0 Å². The van der Waals surface area contributed by atoms with Crippen molar-refractivity contribution in [2.24, 2.45) is 11.5 Å². The maximum atomic E-state index is 12.5. The number of nitrogens with zero attached hydrogens (tertiary/aromatic N) is 1. The molecule has 2 aliphatic rings. The Balaban J connectivity index is 1.80. The second-order valence-electron chi connectivity index (χ2n) is 5.58. The number of likely N-dealkylation sites (tertiary alicyclic amines) is 1. The lowest BCUT2D eigenvalue weighted by Crippen LogP contribution is -2.56. The number of benzene rings is 1. The van der Waals surface area contributed by atoms with Crippen LogP contribution >= 0.6 is 0 Å². The first-order valence-corrected chi connectivity index (χ1v) is 6.49. The second-order valence-corrected chi connectivity index (χ2v) is 5.58. The smallest absolute Gasteiger partial charge is 0.243 e. The summed E-state index contributed by atoms with van der Waals surface area (Å²) in [5.41, 5.74) is 13.9. The predicted octanol–water partition coefficient (Wildman–Crippen LogP) is 0.0423. The fourth-order valence-electron chi connectivity index (χ4n) is 3.08. The van der Waals surface area contributed by atoms with Gasteiger partial charge < -0.3 is 16.4 Å². The van der Waals surface area contributed by atoms with Crippen LogP contribution in [0.25, 0.3) is 0 Å². The molecule has 1 unspecified atom stereocenters. The molecule has 1 atom stereocenters. The lowest BCUT2D eigenvalue weighted by atomic mass is 9.95. The molecule has 0 spiro atoms. The SMILES string of the molecule is NC1CCN(C(=O)C2(N)Cc3ccccc3C2)C1. The van der Waals surface area contributed by atoms with E-state index in [2.05, 4.69) is 12.1 Å². The van der Waals surface area contributed by atoms with E-state index in [1.54, 1.807) is 0 Å². The van der Waals surface area contributed by atoms with Crippen molar-refractivity contribution in [2.45, 2.75) is 30.8 Å². The van der Waals surface area contributed by atoms with Crippen molar-refractivity contribution in [2.75, 3.05) is 13.1 Å². The highest BCUT2D eigenvalue weighted by Gasteiger charge is 2.43. The highest BCUT2D eigenvalue weighted by molar-refractivity contribution is 5.88. The Labute approximate surface area is 107 Å². The monoisotopic (exact) mass is 245 g/mol. The first-order valence-electron chi connectivity index (χ1n) is 6.49. The van der Waals surface area contributed by atoms with Gasteiger partial charge in [0.2, 0.25) is 5.91 Å². The molecule has 4 nitrogen and oxygen atoms in total. The summed E-state index contributed by atoms with van der Waals surface area (Å²) in [6.07, 6.45) is 2.18. The topological polar surface area (TPSA) is 72.3 Å². The number of hydrogen-bond donors (Lipinski definition) is 2. The zero-order valence-electron chi connectivity index (χ0n) is 10.4. The van der Waals surface area contributed by atoms with Crippen molar-refractivity contribution in [3.05, 3.63) is 35.4 Å². The predicted molar refractivity (Wildman–Crippen MR) is 69.9 cm³/mol. The van der Waals surface area contributed by atoms with E-state index in [-0.39, 0.29) is 11.9 Å². The quantitative estimate of drug-likeness (QED) is 0.734. The van der Waals surface area contributed by atoms with Crippen molar-refractivity contribution < 1.29 is 4.79 Å². The first kappa shape index (κ1) is 11.7. The lowest BCUT2D eigenvalue weighted by Gasteiger charge is -2.28. The van der Waals surface area contributed by atoms with Gasteiger partial charge >= 0.3 is 0 Å². The van der Waals surface area contributed by atoms with Gasteiger partial charge in [0.25, 0.3) is 0 Å². The van der Waals surface area contributed by atoms with Crippen LogP contribution in [0.5, 0.6) is 0 Å². The van der Waals surface area contributed by atoms with Crippen molar-refractivity contribution in [1.29, 1.82) is 0 Å². The van der Waals surface area contributed by atoms with Crippen LogP contribution in [0, 0.1) is 0 Å². The van der Waals surface area contributed by atoms with Gasteiger partial charge in [-0.25, -0.2) is 0 Å². The molecule has 1 aliphatic heterocycles. The average molecular weight is 245 g/mol. The van der Waals surface area contributed by atoms with E-state index >= 15 is 0 Å². The Morgan fingerprint density at radius 3 is 2.39 bits per heavy atom. The molecule has 0 saturated carbocycles. The van der Waals surface area contributed by atoms with Gasteiger partial charge in [0.05, 0.1) is 0 Å². The summed E-state index contributed by atoms with van der Waals surface area (Å²) in [7, 11) is 0. The fourth-order valence-corrected chi connectivity index (χ4v) is 3.08. The highest BCUT2D eigenvalue weighted by Crippen LogP contribution is 2.30. The normalized spacial score (nSPS) is 25.2. The number of hydrogen-bond acceptors (Lipinski definition) is 3. The molecule has 4 N–H and O–H groups in total. The number of carbonyl (C=O) groups excluding carboxylic acids is 1. The highest BCUT2D eigenvalue weighted by atomic mass is 16.2. The van der Waals surface area contributed by atoms with Crippen LogP contribution in [0.3, 0.4) is 0 Å². The molecule has 0 bridgehead atoms. The van der Waals surface area contributed by atoms with Crippen LogP contribution < -0.4 is 11.5 Å². The van der Waals surface area contributed by atoms with Gasteiger partial charge in [-0.2, -0.15) is 0 Å².